The number of fused-ring (bicyclic) bond motifs is 1. The molecule has 2 fully saturated rings. The van der Waals surface area contributed by atoms with Crippen molar-refractivity contribution in [3.8, 4) is 22.3 Å². The van der Waals surface area contributed by atoms with E-state index in [2.05, 4.69) is 36.5 Å². The van der Waals surface area contributed by atoms with Crippen LogP contribution in [0.15, 0.2) is 55.0 Å². The van der Waals surface area contributed by atoms with Crippen LogP contribution in [-0.2, 0) is 11.3 Å². The number of likely N-dealkylation sites (N-methyl/N-ethyl adjacent to an activating group) is 1. The molecule has 1 aliphatic carbocycles. The van der Waals surface area contributed by atoms with Crippen molar-refractivity contribution in [1.82, 2.24) is 24.3 Å². The molecule has 1 saturated heterocycles. The number of para-hydroxylation sites is 1. The molecular weight excluding hydrogens is 575 g/mol. The molecule has 4 N–H and O–H groups in total. The molecule has 12 nitrogen and oxygen atoms in total. The SMILES string of the molecule is CN1CCN(C2CCC(n3cc(-c4ccc(-c5ccccc5[N+](=O)[O-])c(F)c4)c4c(N)ncnc43)CC2)CC1.NS(=O)[O-]. The van der Waals surface area contributed by atoms with Crippen LogP contribution in [0.2, 0.25) is 0 Å². The van der Waals surface area contributed by atoms with E-state index in [1.165, 1.54) is 18.5 Å². The number of piperazine rings is 1. The Kier molecular flexibility index (Phi) is 9.42. The molecule has 2 aromatic carbocycles. The lowest BCUT2D eigenvalue weighted by Gasteiger charge is -2.41. The first kappa shape index (κ1) is 30.6. The van der Waals surface area contributed by atoms with Crippen molar-refractivity contribution in [2.24, 2.45) is 5.14 Å². The average molecular weight is 610 g/mol. The highest BCUT2D eigenvalue weighted by Crippen LogP contribution is 2.40. The van der Waals surface area contributed by atoms with E-state index in [4.69, 9.17) is 14.5 Å². The van der Waals surface area contributed by atoms with Crippen molar-refractivity contribution in [1.29, 1.82) is 0 Å². The minimum Gasteiger partial charge on any atom is -0.760 e. The Morgan fingerprint density at radius 1 is 0.977 bits per heavy atom. The second-order valence-electron chi connectivity index (χ2n) is 10.9. The fourth-order valence-corrected chi connectivity index (χ4v) is 6.26. The van der Waals surface area contributed by atoms with Gasteiger partial charge in [0.1, 0.15) is 23.6 Å². The molecule has 1 unspecified atom stereocenters. The molecule has 3 heterocycles. The van der Waals surface area contributed by atoms with Gasteiger partial charge in [-0.15, -0.1) is 0 Å². The lowest BCUT2D eigenvalue weighted by molar-refractivity contribution is -0.384. The lowest BCUT2D eigenvalue weighted by atomic mass is 9.89. The van der Waals surface area contributed by atoms with Crippen molar-refractivity contribution in [3.05, 3.63) is 70.9 Å². The number of nitrogens with two attached hydrogens (primary N) is 2. The molecular formula is C29H34FN8O4S-. The predicted octanol–water partition coefficient (Wildman–Crippen LogP) is 3.87. The zero-order valence-electron chi connectivity index (χ0n) is 23.8. The van der Waals surface area contributed by atoms with Crippen molar-refractivity contribution in [2.45, 2.75) is 37.8 Å². The Balaban J connectivity index is 0.000000868. The standard InChI is InChI=1S/C29H32FN7O2.H3NO2S/c1-34-12-14-35(15-13-34)20-7-9-21(10-8-20)36-17-24(27-28(31)32-18-33-29(27)36)19-6-11-22(25(30)16-19)23-4-2-3-5-26(23)37(38)39;1-4(2)3/h2-6,11,16-18,20-21H,7-10,12-15H2,1H3,(H2,31,32,33);1H2,(H,2,3)/p-1. The Bertz CT molecular complexity index is 1630. The normalized spacial score (nSPS) is 20.4. The van der Waals surface area contributed by atoms with Crippen LogP contribution in [0, 0.1) is 15.9 Å². The molecule has 6 rings (SSSR count). The third-order valence-electron chi connectivity index (χ3n) is 8.42. The molecule has 0 radical (unpaired) electrons. The second-order valence-corrected chi connectivity index (χ2v) is 11.5. The van der Waals surface area contributed by atoms with Crippen LogP contribution in [0.1, 0.15) is 31.7 Å². The molecule has 0 bridgehead atoms. The molecule has 14 heteroatoms. The van der Waals surface area contributed by atoms with Crippen LogP contribution in [0.3, 0.4) is 0 Å². The molecule has 0 spiro atoms. The third-order valence-corrected chi connectivity index (χ3v) is 8.42. The van der Waals surface area contributed by atoms with Gasteiger partial charge in [-0.05, 0) is 50.4 Å². The minimum atomic E-state index is -2.36. The van der Waals surface area contributed by atoms with Gasteiger partial charge in [-0.2, -0.15) is 0 Å². The Hall–Kier alpha value is -3.82. The molecule has 43 heavy (non-hydrogen) atoms. The van der Waals surface area contributed by atoms with Gasteiger partial charge in [-0.1, -0.05) is 24.3 Å². The monoisotopic (exact) mass is 609 g/mol. The zero-order chi connectivity index (χ0) is 30.7. The van der Waals surface area contributed by atoms with E-state index in [9.17, 15) is 10.1 Å². The summed E-state index contributed by atoms with van der Waals surface area (Å²) in [5.41, 5.74) is 8.77. The summed E-state index contributed by atoms with van der Waals surface area (Å²) in [5, 5.41) is 16.2. The highest BCUT2D eigenvalue weighted by Gasteiger charge is 2.30. The lowest BCUT2D eigenvalue weighted by Crippen LogP contribution is -2.49. The highest BCUT2D eigenvalue weighted by molar-refractivity contribution is 7.76. The first-order valence-corrected chi connectivity index (χ1v) is 15.2. The quantitative estimate of drug-likeness (QED) is 0.193. The van der Waals surface area contributed by atoms with Crippen LogP contribution >= 0.6 is 0 Å². The number of aromatic nitrogens is 3. The van der Waals surface area contributed by atoms with Gasteiger partial charge < -0.3 is 19.8 Å². The smallest absolute Gasteiger partial charge is 0.277 e. The zero-order valence-corrected chi connectivity index (χ0v) is 24.6. The number of rotatable bonds is 5. The van der Waals surface area contributed by atoms with Crippen LogP contribution in [0.4, 0.5) is 15.9 Å². The summed E-state index contributed by atoms with van der Waals surface area (Å²) in [4.78, 5) is 24.8. The maximum absolute atomic E-state index is 15.5. The number of hydrogen-bond donors (Lipinski definition) is 2. The second kappa shape index (κ2) is 13.2. The molecule has 4 aromatic rings. The third kappa shape index (κ3) is 6.73. The number of nitro benzene ring substituents is 1. The number of nitrogen functional groups attached to an aromatic ring is 1. The van der Waals surface area contributed by atoms with Crippen LogP contribution in [-0.4, -0.2) is 77.3 Å². The number of anilines is 1. The van der Waals surface area contributed by atoms with Crippen molar-refractivity contribution >= 4 is 33.8 Å². The van der Waals surface area contributed by atoms with Gasteiger partial charge in [0.25, 0.3) is 5.69 Å². The van der Waals surface area contributed by atoms with E-state index in [-0.39, 0.29) is 22.9 Å². The van der Waals surface area contributed by atoms with E-state index in [1.54, 1.807) is 30.3 Å². The van der Waals surface area contributed by atoms with E-state index in [0.717, 1.165) is 63.1 Å². The molecule has 0 amide bonds. The largest absolute Gasteiger partial charge is 0.760 e. The maximum atomic E-state index is 15.5. The van der Waals surface area contributed by atoms with Crippen molar-refractivity contribution in [3.63, 3.8) is 0 Å². The van der Waals surface area contributed by atoms with E-state index >= 15 is 4.39 Å². The van der Waals surface area contributed by atoms with Crippen molar-refractivity contribution in [2.75, 3.05) is 39.0 Å². The van der Waals surface area contributed by atoms with Crippen LogP contribution in [0.5, 0.6) is 0 Å². The van der Waals surface area contributed by atoms with Gasteiger partial charge in [-0.25, -0.2) is 14.4 Å². The molecule has 1 atom stereocenters. The highest BCUT2D eigenvalue weighted by atomic mass is 32.2. The summed E-state index contributed by atoms with van der Waals surface area (Å²) in [6.45, 7) is 4.49. The van der Waals surface area contributed by atoms with Gasteiger partial charge in [0.2, 0.25) is 0 Å². The van der Waals surface area contributed by atoms with Gasteiger partial charge in [0, 0.05) is 72.9 Å². The molecule has 2 aromatic heterocycles. The Labute approximate surface area is 251 Å². The Morgan fingerprint density at radius 2 is 1.63 bits per heavy atom. The number of benzene rings is 2. The summed E-state index contributed by atoms with van der Waals surface area (Å²) < 4.78 is 35.2. The minimum absolute atomic E-state index is 0.134. The molecule has 228 valence electrons. The first-order valence-electron chi connectivity index (χ1n) is 14.0. The topological polar surface area (TPSA) is 172 Å². The average Bonchev–Trinajstić information content (AvgIpc) is 3.38. The van der Waals surface area contributed by atoms with E-state index < -0.39 is 22.0 Å². The predicted molar refractivity (Wildman–Crippen MR) is 163 cm³/mol. The maximum Gasteiger partial charge on any atom is 0.277 e. The molecule has 1 saturated carbocycles. The summed E-state index contributed by atoms with van der Waals surface area (Å²) in [5.74, 6) is -0.186. The number of halogens is 1. The summed E-state index contributed by atoms with van der Waals surface area (Å²) >= 11 is -2.36. The number of hydrogen-bond acceptors (Lipinski definition) is 9. The Morgan fingerprint density at radius 3 is 2.28 bits per heavy atom. The molecule has 1 aliphatic heterocycles. The van der Waals surface area contributed by atoms with E-state index in [1.807, 2.05) is 6.20 Å². The van der Waals surface area contributed by atoms with Crippen molar-refractivity contribution < 1.29 is 18.1 Å². The fraction of sp³-hybridized carbons (Fsp3) is 0.379. The molecule has 2 aliphatic rings. The van der Waals surface area contributed by atoms with Crippen LogP contribution in [0.25, 0.3) is 33.3 Å². The first-order chi connectivity index (χ1) is 20.6. The van der Waals surface area contributed by atoms with Gasteiger partial charge in [-0.3, -0.25) is 24.4 Å². The summed E-state index contributed by atoms with van der Waals surface area (Å²) in [6, 6.07) is 11.9. The van der Waals surface area contributed by atoms with Crippen LogP contribution < -0.4 is 10.9 Å². The number of nitrogens with zero attached hydrogens (tertiary/aromatic N) is 6. The van der Waals surface area contributed by atoms with Gasteiger partial charge in [0.15, 0.2) is 0 Å². The summed E-state index contributed by atoms with van der Waals surface area (Å²) in [6.07, 6.45) is 7.83. The van der Waals surface area contributed by atoms with Gasteiger partial charge >= 0.3 is 0 Å². The number of nitro groups is 1. The summed E-state index contributed by atoms with van der Waals surface area (Å²) in [7, 11) is 2.18. The van der Waals surface area contributed by atoms with Gasteiger partial charge in [0.05, 0.1) is 15.9 Å². The van der Waals surface area contributed by atoms with E-state index in [0.29, 0.717) is 22.8 Å². The fourth-order valence-electron chi connectivity index (χ4n) is 6.26.